The van der Waals surface area contributed by atoms with Gasteiger partial charge in [0.15, 0.2) is 0 Å². The molecule has 28 heavy (non-hydrogen) atoms. The fraction of sp³-hybridized carbons (Fsp3) is 0.286. The largest absolute Gasteiger partial charge is 0.384 e. The molecule has 1 aromatic carbocycles. The molecule has 0 radical (unpaired) electrons. The number of hydrogen-bond acceptors (Lipinski definition) is 6. The highest BCUT2D eigenvalue weighted by Gasteiger charge is 2.21. The van der Waals surface area contributed by atoms with Crippen molar-refractivity contribution < 1.29 is 0 Å². The number of nitrogens with zero attached hydrogens (tertiary/aromatic N) is 4. The number of H-pyrrole nitrogens is 1. The van der Waals surface area contributed by atoms with Crippen molar-refractivity contribution in [3.05, 3.63) is 64.7 Å². The molecule has 4 heterocycles. The van der Waals surface area contributed by atoms with Crippen LogP contribution < -0.4 is 20.7 Å². The molecule has 7 nitrogen and oxygen atoms in total. The first-order valence-corrected chi connectivity index (χ1v) is 9.65. The van der Waals surface area contributed by atoms with Gasteiger partial charge in [-0.25, -0.2) is 4.98 Å². The summed E-state index contributed by atoms with van der Waals surface area (Å²) < 4.78 is 0. The van der Waals surface area contributed by atoms with E-state index in [0.29, 0.717) is 11.6 Å². The Hall–Kier alpha value is -3.35. The first kappa shape index (κ1) is 16.8. The lowest BCUT2D eigenvalue weighted by Crippen LogP contribution is -2.47. The van der Waals surface area contributed by atoms with Gasteiger partial charge >= 0.3 is 0 Å². The summed E-state index contributed by atoms with van der Waals surface area (Å²) in [7, 11) is 0. The number of anilines is 3. The summed E-state index contributed by atoms with van der Waals surface area (Å²) in [4.78, 5) is 28.3. The van der Waals surface area contributed by atoms with Crippen molar-refractivity contribution in [1.29, 1.82) is 0 Å². The van der Waals surface area contributed by atoms with Crippen molar-refractivity contribution in [3.8, 4) is 11.3 Å². The normalized spacial score (nSPS) is 16.0. The van der Waals surface area contributed by atoms with Crippen LogP contribution in [0, 0.1) is 0 Å². The number of pyridine rings is 1. The molecule has 5 rings (SSSR count). The second-order valence-corrected chi connectivity index (χ2v) is 7.18. The Bertz CT molecular complexity index is 1040. The molecule has 2 aromatic heterocycles. The minimum Gasteiger partial charge on any atom is -0.384 e. The molecule has 142 valence electrons. The third-order valence-corrected chi connectivity index (χ3v) is 5.45. The zero-order valence-corrected chi connectivity index (χ0v) is 15.6. The number of aromatic nitrogens is 3. The second kappa shape index (κ2) is 6.99. The summed E-state index contributed by atoms with van der Waals surface area (Å²) in [5.74, 6) is 0.636. The molecule has 1 saturated heterocycles. The molecule has 0 atom stereocenters. The number of aromatic amines is 1. The van der Waals surface area contributed by atoms with Crippen LogP contribution in [0.4, 0.5) is 17.3 Å². The maximum Gasteiger partial charge on any atom is 0.252 e. The zero-order valence-electron chi connectivity index (χ0n) is 15.6. The Morgan fingerprint density at radius 3 is 2.54 bits per heavy atom. The van der Waals surface area contributed by atoms with E-state index in [0.717, 1.165) is 44.7 Å². The highest BCUT2D eigenvalue weighted by Crippen LogP contribution is 2.28. The Balaban J connectivity index is 1.33. The minimum atomic E-state index is -0.134. The molecule has 0 aliphatic carbocycles. The van der Waals surface area contributed by atoms with Crippen molar-refractivity contribution in [2.24, 2.45) is 0 Å². The fourth-order valence-electron chi connectivity index (χ4n) is 3.93. The summed E-state index contributed by atoms with van der Waals surface area (Å²) in [6.07, 6.45) is 4.52. The standard InChI is InChI=1S/C21H22N6O/c28-20-14-19(15-3-6-22-7-4-15)24-21(25-20)27-11-9-26(10-12-27)17-1-2-18-16(13-17)5-8-23-18/h1-4,6-7,13-14,23H,5,8-12H2,(H,24,25,28). The quantitative estimate of drug-likeness (QED) is 0.731. The summed E-state index contributed by atoms with van der Waals surface area (Å²) in [6.45, 7) is 4.46. The molecule has 0 saturated carbocycles. The number of piperazine rings is 1. The smallest absolute Gasteiger partial charge is 0.252 e. The Morgan fingerprint density at radius 1 is 0.929 bits per heavy atom. The van der Waals surface area contributed by atoms with Crippen LogP contribution in [0.15, 0.2) is 53.6 Å². The minimum absolute atomic E-state index is 0.134. The van der Waals surface area contributed by atoms with Gasteiger partial charge in [-0.15, -0.1) is 0 Å². The van der Waals surface area contributed by atoms with Gasteiger partial charge in [-0.1, -0.05) is 0 Å². The predicted octanol–water partition coefficient (Wildman–Crippen LogP) is 2.13. The summed E-state index contributed by atoms with van der Waals surface area (Å²) in [5.41, 5.74) is 5.37. The monoisotopic (exact) mass is 374 g/mol. The predicted molar refractivity (Wildman–Crippen MR) is 111 cm³/mol. The second-order valence-electron chi connectivity index (χ2n) is 7.18. The van der Waals surface area contributed by atoms with Crippen LogP contribution in [-0.2, 0) is 6.42 Å². The van der Waals surface area contributed by atoms with E-state index in [4.69, 9.17) is 0 Å². The van der Waals surface area contributed by atoms with Gasteiger partial charge in [0.05, 0.1) is 5.69 Å². The molecular weight excluding hydrogens is 352 g/mol. The van der Waals surface area contributed by atoms with Gasteiger partial charge in [0.2, 0.25) is 5.95 Å². The SMILES string of the molecule is O=c1cc(-c2ccncc2)nc(N2CCN(c3ccc4c(c3)CCN4)CC2)[nH]1. The van der Waals surface area contributed by atoms with E-state index >= 15 is 0 Å². The number of fused-ring (bicyclic) bond motifs is 1. The number of benzene rings is 1. The summed E-state index contributed by atoms with van der Waals surface area (Å²) >= 11 is 0. The average Bonchev–Trinajstić information content (AvgIpc) is 3.22. The third kappa shape index (κ3) is 3.19. The first-order valence-electron chi connectivity index (χ1n) is 9.65. The van der Waals surface area contributed by atoms with E-state index in [2.05, 4.69) is 48.3 Å². The average molecular weight is 374 g/mol. The topological polar surface area (TPSA) is 77.2 Å². The molecule has 0 unspecified atom stereocenters. The number of rotatable bonds is 3. The van der Waals surface area contributed by atoms with Gasteiger partial charge in [0.1, 0.15) is 0 Å². The molecule has 2 aliphatic rings. The lowest BCUT2D eigenvalue weighted by atomic mass is 10.1. The van der Waals surface area contributed by atoms with Crippen LogP contribution in [0.2, 0.25) is 0 Å². The molecule has 0 amide bonds. The Labute approximate surface area is 163 Å². The lowest BCUT2D eigenvalue weighted by molar-refractivity contribution is 0.639. The molecule has 0 bridgehead atoms. The highest BCUT2D eigenvalue weighted by molar-refractivity contribution is 5.64. The molecule has 1 fully saturated rings. The van der Waals surface area contributed by atoms with Gasteiger partial charge in [0.25, 0.3) is 5.56 Å². The van der Waals surface area contributed by atoms with Crippen molar-refractivity contribution in [1.82, 2.24) is 15.0 Å². The van der Waals surface area contributed by atoms with Crippen LogP contribution in [0.3, 0.4) is 0 Å². The number of nitrogens with one attached hydrogen (secondary N) is 2. The van der Waals surface area contributed by atoms with E-state index in [1.54, 1.807) is 12.4 Å². The number of hydrogen-bond donors (Lipinski definition) is 2. The van der Waals surface area contributed by atoms with Crippen LogP contribution in [-0.4, -0.2) is 47.7 Å². The van der Waals surface area contributed by atoms with Gasteiger partial charge in [-0.05, 0) is 42.3 Å². The van der Waals surface area contributed by atoms with E-state index in [1.807, 2.05) is 12.1 Å². The highest BCUT2D eigenvalue weighted by atomic mass is 16.1. The summed E-state index contributed by atoms with van der Waals surface area (Å²) in [6, 6.07) is 11.9. The van der Waals surface area contributed by atoms with Gasteiger partial charge in [0, 0.05) is 68.1 Å². The van der Waals surface area contributed by atoms with E-state index in [1.165, 1.54) is 23.0 Å². The van der Waals surface area contributed by atoms with E-state index in [9.17, 15) is 4.79 Å². The van der Waals surface area contributed by atoms with Gasteiger partial charge in [-0.3, -0.25) is 14.8 Å². The molecule has 3 aromatic rings. The van der Waals surface area contributed by atoms with E-state index < -0.39 is 0 Å². The van der Waals surface area contributed by atoms with Crippen LogP contribution >= 0.6 is 0 Å². The van der Waals surface area contributed by atoms with Crippen LogP contribution in [0.25, 0.3) is 11.3 Å². The fourth-order valence-corrected chi connectivity index (χ4v) is 3.93. The van der Waals surface area contributed by atoms with E-state index in [-0.39, 0.29) is 5.56 Å². The van der Waals surface area contributed by atoms with Crippen LogP contribution in [0.1, 0.15) is 5.56 Å². The lowest BCUT2D eigenvalue weighted by Gasteiger charge is -2.36. The van der Waals surface area contributed by atoms with Crippen molar-refractivity contribution in [2.45, 2.75) is 6.42 Å². The van der Waals surface area contributed by atoms with Crippen molar-refractivity contribution >= 4 is 17.3 Å². The molecule has 0 spiro atoms. The van der Waals surface area contributed by atoms with Crippen molar-refractivity contribution in [3.63, 3.8) is 0 Å². The van der Waals surface area contributed by atoms with Crippen molar-refractivity contribution in [2.75, 3.05) is 47.8 Å². The molecular formula is C21H22N6O. The third-order valence-electron chi connectivity index (χ3n) is 5.45. The zero-order chi connectivity index (χ0) is 18.9. The van der Waals surface area contributed by atoms with Crippen LogP contribution in [0.5, 0.6) is 0 Å². The Morgan fingerprint density at radius 2 is 1.71 bits per heavy atom. The Kier molecular flexibility index (Phi) is 4.20. The van der Waals surface area contributed by atoms with Gasteiger partial charge in [-0.2, -0.15) is 0 Å². The molecule has 2 aliphatic heterocycles. The maximum absolute atomic E-state index is 12.2. The van der Waals surface area contributed by atoms with Gasteiger partial charge < -0.3 is 15.1 Å². The maximum atomic E-state index is 12.2. The summed E-state index contributed by atoms with van der Waals surface area (Å²) in [5, 5.41) is 3.41. The molecule has 7 heteroatoms. The molecule has 2 N–H and O–H groups in total. The first-order chi connectivity index (χ1) is 13.8.